The molecular formula is C41H51ClN2O6. The lowest BCUT2D eigenvalue weighted by atomic mass is 9.92. The Bertz CT molecular complexity index is 1730. The number of halogens is 1. The van der Waals surface area contributed by atoms with Crippen molar-refractivity contribution in [1.29, 1.82) is 0 Å². The monoisotopic (exact) mass is 702 g/mol. The minimum atomic E-state index is -0.506. The predicted molar refractivity (Wildman–Crippen MR) is 201 cm³/mol. The van der Waals surface area contributed by atoms with Crippen LogP contribution in [0.3, 0.4) is 0 Å². The summed E-state index contributed by atoms with van der Waals surface area (Å²) in [6.07, 6.45) is 1.80. The van der Waals surface area contributed by atoms with E-state index in [2.05, 4.69) is 57.3 Å². The van der Waals surface area contributed by atoms with Gasteiger partial charge in [-0.15, -0.1) is 12.4 Å². The zero-order valence-corrected chi connectivity index (χ0v) is 31.3. The number of methoxy groups -OCH3 is 2. The fraction of sp³-hybridized carbons (Fsp3) is 0.390. The molecule has 8 nitrogen and oxygen atoms in total. The molecule has 0 aromatic heterocycles. The van der Waals surface area contributed by atoms with Crippen LogP contribution >= 0.6 is 12.4 Å². The number of allylic oxidation sites excluding steroid dienone is 4. The zero-order valence-electron chi connectivity index (χ0n) is 30.5. The van der Waals surface area contributed by atoms with Crippen LogP contribution in [0.25, 0.3) is 11.1 Å². The van der Waals surface area contributed by atoms with Gasteiger partial charge in [0.25, 0.3) is 0 Å². The Kier molecular flexibility index (Phi) is 14.4. The molecule has 2 unspecified atom stereocenters. The second kappa shape index (κ2) is 18.0. The van der Waals surface area contributed by atoms with Gasteiger partial charge in [0.15, 0.2) is 11.6 Å². The quantitative estimate of drug-likeness (QED) is 0.220. The second-order valence-corrected chi connectivity index (χ2v) is 13.1. The molecule has 3 aromatic carbocycles. The number of nitrogens with one attached hydrogen (secondary N) is 1. The third-order valence-electron chi connectivity index (χ3n) is 9.18. The number of hydrogen-bond donors (Lipinski definition) is 2. The molecule has 50 heavy (non-hydrogen) atoms. The van der Waals surface area contributed by atoms with E-state index in [0.717, 1.165) is 51.1 Å². The largest absolute Gasteiger partial charge is 0.500 e. The topological polar surface area (TPSA) is 117 Å². The first-order valence-corrected chi connectivity index (χ1v) is 16.9. The average molecular weight is 703 g/mol. The summed E-state index contributed by atoms with van der Waals surface area (Å²) in [4.78, 5) is 37.2. The molecule has 0 radical (unpaired) electrons. The summed E-state index contributed by atoms with van der Waals surface area (Å²) in [6.45, 7) is 13.3. The number of Topliss-reactive ketones (excluding diaryl/α,β-unsaturated/α-hetero) is 2. The van der Waals surface area contributed by atoms with E-state index in [9.17, 15) is 14.4 Å². The van der Waals surface area contributed by atoms with E-state index in [1.165, 1.54) is 11.1 Å². The van der Waals surface area contributed by atoms with Gasteiger partial charge in [-0.3, -0.25) is 9.59 Å². The van der Waals surface area contributed by atoms with E-state index >= 15 is 0 Å². The maximum atomic E-state index is 12.8. The molecule has 5 rings (SSSR count). The molecule has 0 spiro atoms. The van der Waals surface area contributed by atoms with Crippen LogP contribution in [0.2, 0.25) is 0 Å². The first-order chi connectivity index (χ1) is 23.4. The third kappa shape index (κ3) is 9.23. The van der Waals surface area contributed by atoms with Crippen LogP contribution in [0.4, 0.5) is 4.79 Å². The van der Waals surface area contributed by atoms with Crippen LogP contribution < -0.4 is 15.8 Å². The number of carbonyl (C=O) groups is 3. The van der Waals surface area contributed by atoms with E-state index in [4.69, 9.17) is 19.9 Å². The zero-order chi connectivity index (χ0) is 35.8. The van der Waals surface area contributed by atoms with Crippen LogP contribution in [0, 0.1) is 53.4 Å². The SMILES string of the molecule is COC1=C(c2c(C)cc(C)cc2C)C(=O)CC1CCN.COC1=C(c2c(C)cc(C)cc2C)C(=O)CC1CCNC(=O)Oc1ccccc1.Cl. The molecular weight excluding hydrogens is 652 g/mol. The molecule has 0 aliphatic heterocycles. The minimum absolute atomic E-state index is 0. The van der Waals surface area contributed by atoms with Crippen molar-refractivity contribution in [2.45, 2.75) is 67.2 Å². The summed E-state index contributed by atoms with van der Waals surface area (Å²) < 4.78 is 16.5. The highest BCUT2D eigenvalue weighted by atomic mass is 35.5. The van der Waals surface area contributed by atoms with Gasteiger partial charge in [0, 0.05) is 31.2 Å². The molecule has 1 amide bonds. The Morgan fingerprint density at radius 3 is 1.54 bits per heavy atom. The number of ether oxygens (including phenoxy) is 3. The Morgan fingerprint density at radius 2 is 1.14 bits per heavy atom. The Hall–Kier alpha value is -4.40. The van der Waals surface area contributed by atoms with Crippen LogP contribution in [0.15, 0.2) is 66.1 Å². The summed E-state index contributed by atoms with van der Waals surface area (Å²) >= 11 is 0. The number of ketones is 2. The van der Waals surface area contributed by atoms with Crippen molar-refractivity contribution < 1.29 is 28.6 Å². The Balaban J connectivity index is 0.000000283. The van der Waals surface area contributed by atoms with Crippen molar-refractivity contribution in [3.05, 3.63) is 111 Å². The number of rotatable bonds is 10. The molecule has 0 saturated carbocycles. The first kappa shape index (κ1) is 40.0. The highest BCUT2D eigenvalue weighted by Gasteiger charge is 2.36. The van der Waals surface area contributed by atoms with Gasteiger partial charge in [-0.05, 0) is 106 Å². The normalized spacial score (nSPS) is 16.9. The standard InChI is InChI=1S/C24H27NO4.C17H23NO2.ClH/c1-15-12-16(2)21(17(3)13-15)22-20(26)14-18(23(22)28-4)10-11-25-24(27)29-19-8-6-5-7-9-19;1-10-7-11(2)15(12(3)8-10)16-14(19)9-13(5-6-18)17(16)20-4;/h5-9,12-13,18H,10-11,14H2,1-4H3,(H,25,27);7-8,13H,5-6,9,18H2,1-4H3;1H. The van der Waals surface area contributed by atoms with Crippen molar-refractivity contribution >= 4 is 41.2 Å². The smallest absolute Gasteiger partial charge is 0.412 e. The number of para-hydroxylation sites is 1. The number of carbonyl (C=O) groups excluding carboxylic acids is 3. The van der Waals surface area contributed by atoms with Crippen LogP contribution in [-0.4, -0.2) is 45.0 Å². The lowest BCUT2D eigenvalue weighted by Gasteiger charge is -2.16. The molecule has 0 bridgehead atoms. The van der Waals surface area contributed by atoms with Gasteiger partial charge in [0.05, 0.1) is 25.4 Å². The lowest BCUT2D eigenvalue weighted by Crippen LogP contribution is -2.29. The molecule has 9 heteroatoms. The Labute approximate surface area is 302 Å². The van der Waals surface area contributed by atoms with Crippen LogP contribution in [0.5, 0.6) is 5.75 Å². The number of hydrogen-bond acceptors (Lipinski definition) is 7. The van der Waals surface area contributed by atoms with Crippen LogP contribution in [-0.2, 0) is 19.1 Å². The van der Waals surface area contributed by atoms with Gasteiger partial charge >= 0.3 is 6.09 Å². The molecule has 0 saturated heterocycles. The summed E-state index contributed by atoms with van der Waals surface area (Å²) in [5.74, 6) is 2.36. The maximum absolute atomic E-state index is 12.8. The summed E-state index contributed by atoms with van der Waals surface area (Å²) in [5, 5.41) is 2.75. The van der Waals surface area contributed by atoms with Gasteiger partial charge in [0.2, 0.25) is 0 Å². The minimum Gasteiger partial charge on any atom is -0.500 e. The fourth-order valence-corrected chi connectivity index (χ4v) is 7.38. The highest BCUT2D eigenvalue weighted by molar-refractivity contribution is 6.25. The summed E-state index contributed by atoms with van der Waals surface area (Å²) in [7, 11) is 3.26. The second-order valence-electron chi connectivity index (χ2n) is 13.1. The highest BCUT2D eigenvalue weighted by Crippen LogP contribution is 2.41. The molecule has 3 N–H and O–H groups in total. The molecule has 3 aromatic rings. The van der Waals surface area contributed by atoms with Gasteiger partial charge in [-0.2, -0.15) is 0 Å². The maximum Gasteiger partial charge on any atom is 0.412 e. The van der Waals surface area contributed by atoms with E-state index in [0.29, 0.717) is 49.4 Å². The van der Waals surface area contributed by atoms with Gasteiger partial charge in [-0.25, -0.2) is 4.79 Å². The van der Waals surface area contributed by atoms with Gasteiger partial charge in [-0.1, -0.05) is 53.6 Å². The average Bonchev–Trinajstić information content (AvgIpc) is 3.51. The van der Waals surface area contributed by atoms with Gasteiger partial charge in [0.1, 0.15) is 17.3 Å². The van der Waals surface area contributed by atoms with Gasteiger partial charge < -0.3 is 25.3 Å². The fourth-order valence-electron chi connectivity index (χ4n) is 7.38. The van der Waals surface area contributed by atoms with E-state index in [-0.39, 0.29) is 35.8 Å². The lowest BCUT2D eigenvalue weighted by molar-refractivity contribution is -0.114. The van der Waals surface area contributed by atoms with Crippen LogP contribution in [0.1, 0.15) is 70.2 Å². The summed E-state index contributed by atoms with van der Waals surface area (Å²) in [5.41, 5.74) is 15.9. The molecule has 0 heterocycles. The molecule has 2 atom stereocenters. The van der Waals surface area contributed by atoms with E-state index in [1.54, 1.807) is 38.5 Å². The molecule has 2 aliphatic carbocycles. The van der Waals surface area contributed by atoms with Crippen molar-refractivity contribution in [1.82, 2.24) is 5.32 Å². The summed E-state index contributed by atoms with van der Waals surface area (Å²) in [6, 6.07) is 17.3. The number of amides is 1. The first-order valence-electron chi connectivity index (χ1n) is 16.9. The third-order valence-corrected chi connectivity index (χ3v) is 9.18. The molecule has 0 fully saturated rings. The number of nitrogens with two attached hydrogens (primary N) is 1. The molecule has 2 aliphatic rings. The van der Waals surface area contributed by atoms with Crippen molar-refractivity contribution in [2.24, 2.45) is 17.6 Å². The molecule has 268 valence electrons. The van der Waals surface area contributed by atoms with Crippen molar-refractivity contribution in [3.8, 4) is 5.75 Å². The number of benzene rings is 3. The number of aryl methyl sites for hydroxylation is 6. The predicted octanol–water partition coefficient (Wildman–Crippen LogP) is 8.07. The van der Waals surface area contributed by atoms with Crippen molar-refractivity contribution in [3.63, 3.8) is 0 Å². The van der Waals surface area contributed by atoms with E-state index < -0.39 is 6.09 Å². The Morgan fingerprint density at radius 1 is 0.720 bits per heavy atom. The van der Waals surface area contributed by atoms with Crippen molar-refractivity contribution in [2.75, 3.05) is 27.3 Å². The van der Waals surface area contributed by atoms with E-state index in [1.807, 2.05) is 19.9 Å².